The second-order valence-corrected chi connectivity index (χ2v) is 4.29. The van der Waals surface area contributed by atoms with Gasteiger partial charge in [-0.05, 0) is 17.7 Å². The smallest absolute Gasteiger partial charge is 0.394 e. The predicted molar refractivity (Wildman–Crippen MR) is 59.0 cm³/mol. The van der Waals surface area contributed by atoms with Crippen LogP contribution in [-0.2, 0) is 16.5 Å². The molecule has 1 unspecified atom stereocenters. The fourth-order valence-corrected chi connectivity index (χ4v) is 2.02. The zero-order valence-corrected chi connectivity index (χ0v) is 9.63. The maximum atomic E-state index is 12.4. The zero-order chi connectivity index (χ0) is 13.2. The van der Waals surface area contributed by atoms with Gasteiger partial charge in [-0.25, -0.2) is 0 Å². The predicted octanol–water partition coefficient (Wildman–Crippen LogP) is 1.51. The summed E-state index contributed by atoms with van der Waals surface area (Å²) in [5.74, 6) is 0. The van der Waals surface area contributed by atoms with Crippen molar-refractivity contribution in [1.29, 1.82) is 0 Å². The summed E-state index contributed by atoms with van der Waals surface area (Å²) in [5.41, 5.74) is -0.906. The van der Waals surface area contributed by atoms with Crippen LogP contribution in [-0.4, -0.2) is 31.5 Å². The third-order valence-corrected chi connectivity index (χ3v) is 3.09. The Hall–Kier alpha value is -1.11. The van der Waals surface area contributed by atoms with Crippen LogP contribution in [0.25, 0.3) is 0 Å². The maximum absolute atomic E-state index is 12.4. The molecule has 0 amide bonds. The summed E-state index contributed by atoms with van der Waals surface area (Å²) in [4.78, 5) is 0. The minimum atomic E-state index is -4.35. The van der Waals surface area contributed by atoms with E-state index in [9.17, 15) is 18.3 Å². The van der Waals surface area contributed by atoms with E-state index >= 15 is 0 Å². The highest BCUT2D eigenvalue weighted by atomic mass is 19.4. The summed E-state index contributed by atoms with van der Waals surface area (Å²) >= 11 is 0. The first-order chi connectivity index (χ1) is 8.48. The van der Waals surface area contributed by atoms with Crippen molar-refractivity contribution < 1.29 is 23.0 Å². The molecule has 0 spiro atoms. The van der Waals surface area contributed by atoms with Gasteiger partial charge in [-0.1, -0.05) is 12.1 Å². The molecule has 0 aromatic heterocycles. The van der Waals surface area contributed by atoms with Crippen LogP contribution < -0.4 is 5.32 Å². The van der Waals surface area contributed by atoms with Gasteiger partial charge in [-0.3, -0.25) is 0 Å². The molecule has 6 heteroatoms. The second-order valence-electron chi connectivity index (χ2n) is 4.29. The van der Waals surface area contributed by atoms with Crippen molar-refractivity contribution in [1.82, 2.24) is 5.32 Å². The van der Waals surface area contributed by atoms with Crippen LogP contribution >= 0.6 is 0 Å². The van der Waals surface area contributed by atoms with Crippen LogP contribution in [0.15, 0.2) is 24.3 Å². The number of nitrogens with one attached hydrogen (secondary N) is 1. The van der Waals surface area contributed by atoms with E-state index in [0.717, 1.165) is 12.1 Å². The molecular formula is C12H14F3NO2. The minimum Gasteiger partial charge on any atom is -0.394 e. The van der Waals surface area contributed by atoms with Gasteiger partial charge in [0.2, 0.25) is 0 Å². The molecule has 1 aliphatic heterocycles. The van der Waals surface area contributed by atoms with Crippen LogP contribution in [0.2, 0.25) is 0 Å². The van der Waals surface area contributed by atoms with Crippen LogP contribution in [0.5, 0.6) is 0 Å². The van der Waals surface area contributed by atoms with Crippen molar-refractivity contribution in [2.24, 2.45) is 0 Å². The Morgan fingerprint density at radius 3 is 2.39 bits per heavy atom. The van der Waals surface area contributed by atoms with Crippen LogP contribution in [0.3, 0.4) is 0 Å². The fraction of sp³-hybridized carbons (Fsp3) is 0.500. The zero-order valence-electron chi connectivity index (χ0n) is 9.63. The Morgan fingerprint density at radius 1 is 1.28 bits per heavy atom. The molecule has 0 bridgehead atoms. The molecule has 1 aromatic carbocycles. The SMILES string of the molecule is OCC1(c2ccc(C(F)(F)F)cc2)COCCN1. The number of aliphatic hydroxyl groups is 1. The molecule has 1 aliphatic rings. The third kappa shape index (κ3) is 2.50. The molecule has 0 radical (unpaired) electrons. The quantitative estimate of drug-likeness (QED) is 0.848. The van der Waals surface area contributed by atoms with E-state index in [1.165, 1.54) is 12.1 Å². The van der Waals surface area contributed by atoms with Crippen molar-refractivity contribution in [2.75, 3.05) is 26.4 Å². The van der Waals surface area contributed by atoms with E-state index in [1.807, 2.05) is 0 Å². The number of aliphatic hydroxyl groups excluding tert-OH is 1. The van der Waals surface area contributed by atoms with E-state index in [4.69, 9.17) is 4.74 Å². The minimum absolute atomic E-state index is 0.224. The summed E-state index contributed by atoms with van der Waals surface area (Å²) < 4.78 is 42.6. The van der Waals surface area contributed by atoms with Crippen LogP contribution in [0.4, 0.5) is 13.2 Å². The average Bonchev–Trinajstić information content (AvgIpc) is 2.39. The van der Waals surface area contributed by atoms with Gasteiger partial charge in [-0.2, -0.15) is 13.2 Å². The van der Waals surface area contributed by atoms with Crippen molar-refractivity contribution in [3.8, 4) is 0 Å². The number of alkyl halides is 3. The van der Waals surface area contributed by atoms with Gasteiger partial charge in [0.15, 0.2) is 0 Å². The summed E-state index contributed by atoms with van der Waals surface area (Å²) in [6, 6.07) is 4.79. The summed E-state index contributed by atoms with van der Waals surface area (Å²) in [7, 11) is 0. The molecule has 2 N–H and O–H groups in total. The lowest BCUT2D eigenvalue weighted by molar-refractivity contribution is -0.137. The highest BCUT2D eigenvalue weighted by Gasteiger charge is 2.35. The Kier molecular flexibility index (Phi) is 3.61. The van der Waals surface area contributed by atoms with Crippen molar-refractivity contribution in [3.05, 3.63) is 35.4 Å². The number of halogens is 3. The highest BCUT2D eigenvalue weighted by molar-refractivity contribution is 5.30. The van der Waals surface area contributed by atoms with E-state index in [0.29, 0.717) is 18.7 Å². The summed E-state index contributed by atoms with van der Waals surface area (Å²) in [6.45, 7) is 1.11. The summed E-state index contributed by atoms with van der Waals surface area (Å²) in [6.07, 6.45) is -4.35. The van der Waals surface area contributed by atoms with Gasteiger partial charge in [0.1, 0.15) is 0 Å². The lowest BCUT2D eigenvalue weighted by atomic mass is 9.90. The van der Waals surface area contributed by atoms with Gasteiger partial charge in [0.05, 0.1) is 30.9 Å². The standard InChI is InChI=1S/C12H14F3NO2/c13-12(14,15)10-3-1-9(2-4-10)11(7-17)8-18-6-5-16-11/h1-4,16-17H,5-8H2. The molecule has 3 nitrogen and oxygen atoms in total. The lowest BCUT2D eigenvalue weighted by Crippen LogP contribution is -2.54. The molecule has 100 valence electrons. The maximum Gasteiger partial charge on any atom is 0.416 e. The van der Waals surface area contributed by atoms with E-state index in [1.54, 1.807) is 0 Å². The monoisotopic (exact) mass is 261 g/mol. The van der Waals surface area contributed by atoms with Crippen LogP contribution in [0.1, 0.15) is 11.1 Å². The molecule has 0 saturated carbocycles. The molecule has 1 fully saturated rings. The second kappa shape index (κ2) is 4.87. The molecule has 1 heterocycles. The van der Waals surface area contributed by atoms with E-state index in [-0.39, 0.29) is 13.2 Å². The van der Waals surface area contributed by atoms with E-state index < -0.39 is 17.3 Å². The largest absolute Gasteiger partial charge is 0.416 e. The molecule has 18 heavy (non-hydrogen) atoms. The lowest BCUT2D eigenvalue weighted by Gasteiger charge is -2.37. The number of ether oxygens (including phenoxy) is 1. The molecule has 2 rings (SSSR count). The van der Waals surface area contributed by atoms with Gasteiger partial charge >= 0.3 is 6.18 Å². The highest BCUT2D eigenvalue weighted by Crippen LogP contribution is 2.31. The van der Waals surface area contributed by atoms with Crippen molar-refractivity contribution in [3.63, 3.8) is 0 Å². The molecule has 1 atom stereocenters. The summed E-state index contributed by atoms with van der Waals surface area (Å²) in [5, 5.41) is 12.6. The first kappa shape index (κ1) is 13.3. The number of hydrogen-bond donors (Lipinski definition) is 2. The average molecular weight is 261 g/mol. The van der Waals surface area contributed by atoms with Gasteiger partial charge in [0, 0.05) is 6.54 Å². The number of hydrogen-bond acceptors (Lipinski definition) is 3. The molecule has 0 aliphatic carbocycles. The van der Waals surface area contributed by atoms with Gasteiger partial charge < -0.3 is 15.2 Å². The fourth-order valence-electron chi connectivity index (χ4n) is 2.02. The Morgan fingerprint density at radius 2 is 1.94 bits per heavy atom. The van der Waals surface area contributed by atoms with Gasteiger partial charge in [0.25, 0.3) is 0 Å². The normalized spacial score (nSPS) is 25.1. The third-order valence-electron chi connectivity index (χ3n) is 3.09. The Balaban J connectivity index is 2.27. The molecular weight excluding hydrogens is 247 g/mol. The first-order valence-corrected chi connectivity index (χ1v) is 5.59. The van der Waals surface area contributed by atoms with Crippen molar-refractivity contribution in [2.45, 2.75) is 11.7 Å². The molecule has 1 saturated heterocycles. The van der Waals surface area contributed by atoms with E-state index in [2.05, 4.69) is 5.32 Å². The topological polar surface area (TPSA) is 41.5 Å². The van der Waals surface area contributed by atoms with Gasteiger partial charge in [-0.15, -0.1) is 0 Å². The Labute approximate surface area is 103 Å². The Bertz CT molecular complexity index is 397. The van der Waals surface area contributed by atoms with Crippen molar-refractivity contribution >= 4 is 0 Å². The first-order valence-electron chi connectivity index (χ1n) is 5.59. The molecule has 1 aromatic rings. The van der Waals surface area contributed by atoms with Crippen LogP contribution in [0, 0.1) is 0 Å². The number of morpholine rings is 1. The number of rotatable bonds is 2. The number of benzene rings is 1.